The molecule has 2 aromatic rings. The predicted octanol–water partition coefficient (Wildman–Crippen LogP) is 4.61. The highest BCUT2D eigenvalue weighted by atomic mass is 32.2. The Hall–Kier alpha value is -1.80. The first-order valence-corrected chi connectivity index (χ1v) is 12.4. The Kier molecular flexibility index (Phi) is 8.82. The van der Waals surface area contributed by atoms with Crippen LogP contribution in [0.1, 0.15) is 48.1 Å². The van der Waals surface area contributed by atoms with E-state index in [4.69, 9.17) is 9.47 Å². The third kappa shape index (κ3) is 5.95. The number of benzene rings is 2. The van der Waals surface area contributed by atoms with Gasteiger partial charge in [-0.25, -0.2) is 13.3 Å². The van der Waals surface area contributed by atoms with Gasteiger partial charge in [0.2, 0.25) is 0 Å². The lowest BCUT2D eigenvalue weighted by Crippen LogP contribution is -2.44. The first-order chi connectivity index (χ1) is 15.3. The summed E-state index contributed by atoms with van der Waals surface area (Å²) in [6, 6.07) is 9.35. The van der Waals surface area contributed by atoms with Crippen molar-refractivity contribution in [2.24, 2.45) is 0 Å². The Labute approximate surface area is 193 Å². The second kappa shape index (κ2) is 11.4. The van der Waals surface area contributed by atoms with Crippen LogP contribution in [0.3, 0.4) is 0 Å². The number of hydrogen-bond acceptors (Lipinski definition) is 4. The topological polar surface area (TPSA) is 50.8 Å². The average Bonchev–Trinajstić information content (AvgIpc) is 2.78. The minimum Gasteiger partial charge on any atom is -0.491 e. The molecule has 0 saturated carbocycles. The van der Waals surface area contributed by atoms with E-state index in [0.717, 1.165) is 31.7 Å². The molecule has 1 aliphatic rings. The van der Waals surface area contributed by atoms with E-state index in [9.17, 15) is 8.60 Å². The zero-order valence-corrected chi connectivity index (χ0v) is 20.6. The molecule has 1 aliphatic heterocycles. The fourth-order valence-electron chi connectivity index (χ4n) is 4.21. The molecule has 2 atom stereocenters. The van der Waals surface area contributed by atoms with Crippen molar-refractivity contribution in [2.45, 2.75) is 57.5 Å². The summed E-state index contributed by atoms with van der Waals surface area (Å²) in [4.78, 5) is 3.11. The molecule has 3 rings (SSSR count). The van der Waals surface area contributed by atoms with Crippen LogP contribution in [0.15, 0.2) is 35.2 Å². The number of hydrogen-bond donors (Lipinski definition) is 1. The van der Waals surface area contributed by atoms with Crippen molar-refractivity contribution in [1.82, 2.24) is 9.62 Å². The van der Waals surface area contributed by atoms with Crippen molar-refractivity contribution < 1.29 is 18.1 Å². The van der Waals surface area contributed by atoms with E-state index in [1.807, 2.05) is 0 Å². The van der Waals surface area contributed by atoms with Crippen LogP contribution >= 0.6 is 0 Å². The molecule has 0 amide bonds. The molecule has 2 aromatic carbocycles. The number of likely N-dealkylation sites (tertiary alicyclic amines) is 1. The maximum atomic E-state index is 13.5. The third-order valence-electron chi connectivity index (χ3n) is 6.47. The van der Waals surface area contributed by atoms with Crippen molar-refractivity contribution in [1.29, 1.82) is 0 Å². The van der Waals surface area contributed by atoms with Gasteiger partial charge in [0.1, 0.15) is 29.2 Å². The number of ether oxygens (including phenoxy) is 2. The summed E-state index contributed by atoms with van der Waals surface area (Å²) in [6.07, 6.45) is 1.85. The van der Waals surface area contributed by atoms with Gasteiger partial charge in [-0.1, -0.05) is 6.07 Å². The van der Waals surface area contributed by atoms with Gasteiger partial charge in [0.15, 0.2) is 0 Å². The number of halogens is 1. The van der Waals surface area contributed by atoms with Gasteiger partial charge in [-0.2, -0.15) is 0 Å². The largest absolute Gasteiger partial charge is 0.491 e. The Balaban J connectivity index is 1.57. The van der Waals surface area contributed by atoms with E-state index in [2.05, 4.69) is 42.5 Å². The molecule has 2 unspecified atom stereocenters. The Morgan fingerprint density at radius 3 is 2.50 bits per heavy atom. The summed E-state index contributed by atoms with van der Waals surface area (Å²) >= 11 is 0. The van der Waals surface area contributed by atoms with Gasteiger partial charge in [0.05, 0.1) is 11.5 Å². The average molecular weight is 463 g/mol. The molecule has 0 radical (unpaired) electrons. The highest BCUT2D eigenvalue weighted by molar-refractivity contribution is 7.83. The lowest BCUT2D eigenvalue weighted by molar-refractivity contribution is 0.145. The zero-order valence-electron chi connectivity index (χ0n) is 19.7. The maximum Gasteiger partial charge on any atom is 0.126 e. The van der Waals surface area contributed by atoms with Gasteiger partial charge in [-0.05, 0) is 87.1 Å². The molecule has 1 N–H and O–H groups in total. The molecule has 0 spiro atoms. The van der Waals surface area contributed by atoms with Gasteiger partial charge in [0.25, 0.3) is 0 Å². The highest BCUT2D eigenvalue weighted by Gasteiger charge is 2.26. The fraction of sp³-hybridized carbons (Fsp3) is 0.520. The first kappa shape index (κ1) is 24.8. The van der Waals surface area contributed by atoms with E-state index >= 15 is 0 Å². The number of piperidine rings is 1. The van der Waals surface area contributed by atoms with Crippen LogP contribution in [0.5, 0.6) is 5.75 Å². The number of aryl methyl sites for hydroxylation is 1. The Morgan fingerprint density at radius 2 is 1.84 bits per heavy atom. The molecule has 7 heteroatoms. The minimum atomic E-state index is -1.33. The molecule has 1 fully saturated rings. The molecule has 5 nitrogen and oxygen atoms in total. The van der Waals surface area contributed by atoms with Crippen molar-refractivity contribution in [3.8, 4) is 5.75 Å². The lowest BCUT2D eigenvalue weighted by atomic mass is 9.94. The van der Waals surface area contributed by atoms with E-state index in [1.165, 1.54) is 22.8 Å². The molecule has 176 valence electrons. The van der Waals surface area contributed by atoms with Crippen molar-refractivity contribution >= 4 is 11.0 Å². The Bertz CT molecular complexity index is 945. The van der Waals surface area contributed by atoms with Crippen molar-refractivity contribution in [3.05, 3.63) is 58.4 Å². The van der Waals surface area contributed by atoms with Crippen LogP contribution in [0.2, 0.25) is 0 Å². The normalized spacial score (nSPS) is 17.3. The van der Waals surface area contributed by atoms with Crippen LogP contribution in [-0.2, 0) is 15.7 Å². The van der Waals surface area contributed by atoms with Crippen LogP contribution in [0.4, 0.5) is 4.39 Å². The van der Waals surface area contributed by atoms with Gasteiger partial charge in [-0.3, -0.25) is 4.90 Å². The zero-order chi connectivity index (χ0) is 23.3. The summed E-state index contributed by atoms with van der Waals surface area (Å²) in [5, 5.41) is 0. The third-order valence-corrected chi connectivity index (χ3v) is 7.70. The van der Waals surface area contributed by atoms with E-state index in [-0.39, 0.29) is 11.9 Å². The van der Waals surface area contributed by atoms with Crippen molar-refractivity contribution in [3.63, 3.8) is 0 Å². The molecule has 1 saturated heterocycles. The Morgan fingerprint density at radius 1 is 1.12 bits per heavy atom. The second-order valence-corrected chi connectivity index (χ2v) is 9.77. The summed E-state index contributed by atoms with van der Waals surface area (Å²) in [6.45, 7) is 11.2. The number of rotatable bonds is 9. The van der Waals surface area contributed by atoms with Crippen LogP contribution in [-0.4, -0.2) is 48.6 Å². The van der Waals surface area contributed by atoms with E-state index in [0.29, 0.717) is 29.7 Å². The summed E-state index contributed by atoms with van der Waals surface area (Å²) < 4.78 is 40.3. The van der Waals surface area contributed by atoms with Gasteiger partial charge in [0, 0.05) is 32.3 Å². The van der Waals surface area contributed by atoms with Gasteiger partial charge in [-0.15, -0.1) is 0 Å². The summed E-state index contributed by atoms with van der Waals surface area (Å²) in [5.41, 5.74) is 4.27. The lowest BCUT2D eigenvalue weighted by Gasteiger charge is -2.37. The predicted molar refractivity (Wildman–Crippen MR) is 127 cm³/mol. The van der Waals surface area contributed by atoms with Crippen LogP contribution in [0.25, 0.3) is 0 Å². The molecule has 1 heterocycles. The molecular weight excluding hydrogens is 427 g/mol. The smallest absolute Gasteiger partial charge is 0.126 e. The standard InChI is InChI=1S/C25H35FN2O3S/c1-17-16-22(6-8-24(17)26)32(29)27-21-10-12-28(13-11-21)20(4)23-7-9-25(19(3)18(23)2)31-15-14-30-5/h6-9,16,20-21,27H,10-15H2,1-5H3. The van der Waals surface area contributed by atoms with E-state index < -0.39 is 11.0 Å². The monoisotopic (exact) mass is 462 g/mol. The maximum absolute atomic E-state index is 13.5. The molecule has 32 heavy (non-hydrogen) atoms. The van der Waals surface area contributed by atoms with Crippen LogP contribution < -0.4 is 9.46 Å². The highest BCUT2D eigenvalue weighted by Crippen LogP contribution is 2.32. The minimum absolute atomic E-state index is 0.184. The quantitative estimate of drug-likeness (QED) is 0.553. The fourth-order valence-corrected chi connectivity index (χ4v) is 5.36. The van der Waals surface area contributed by atoms with Crippen LogP contribution in [0, 0.1) is 26.6 Å². The summed E-state index contributed by atoms with van der Waals surface area (Å²) in [7, 11) is 0.344. The second-order valence-electron chi connectivity index (χ2n) is 8.53. The van der Waals surface area contributed by atoms with Gasteiger partial charge < -0.3 is 9.47 Å². The van der Waals surface area contributed by atoms with Crippen molar-refractivity contribution in [2.75, 3.05) is 33.4 Å². The summed E-state index contributed by atoms with van der Waals surface area (Å²) in [5.74, 6) is 0.644. The molecular formula is C25H35FN2O3S. The number of nitrogens with one attached hydrogen (secondary N) is 1. The molecule has 0 aliphatic carbocycles. The van der Waals surface area contributed by atoms with E-state index in [1.54, 1.807) is 26.2 Å². The molecule has 0 bridgehead atoms. The SMILES string of the molecule is COCCOc1ccc(C(C)N2CCC(NS(=O)c3ccc(F)c(C)c3)CC2)c(C)c1C. The number of methoxy groups -OCH3 is 1. The molecule has 0 aromatic heterocycles. The number of nitrogens with zero attached hydrogens (tertiary/aromatic N) is 1. The first-order valence-electron chi connectivity index (χ1n) is 11.2. The van der Waals surface area contributed by atoms with Gasteiger partial charge >= 0.3 is 0 Å².